The molecule has 162 valence electrons. The van der Waals surface area contributed by atoms with Crippen molar-refractivity contribution in [3.05, 3.63) is 35.3 Å². The number of carbonyl (C=O) groups excluding carboxylic acids is 1. The van der Waals surface area contributed by atoms with E-state index < -0.39 is 17.0 Å². The second kappa shape index (κ2) is 10.3. The maximum atomic E-state index is 13.7. The van der Waals surface area contributed by atoms with Gasteiger partial charge in [-0.25, -0.2) is 9.18 Å². The van der Waals surface area contributed by atoms with Gasteiger partial charge in [-0.15, -0.1) is 0 Å². The smallest absolute Gasteiger partial charge is 0.410 e. The molecule has 1 amide bonds. The van der Waals surface area contributed by atoms with E-state index in [4.69, 9.17) is 20.0 Å². The van der Waals surface area contributed by atoms with Crippen molar-refractivity contribution >= 4 is 11.8 Å². The molecule has 0 radical (unpaired) electrons. The van der Waals surface area contributed by atoms with E-state index in [1.807, 2.05) is 20.8 Å². The molecule has 1 fully saturated rings. The lowest BCUT2D eigenvalue weighted by molar-refractivity contribution is 0.0165. The highest BCUT2D eigenvalue weighted by Crippen LogP contribution is 2.29. The van der Waals surface area contributed by atoms with Crippen molar-refractivity contribution in [2.75, 3.05) is 25.0 Å². The molecule has 1 aliphatic heterocycles. The average molecular weight is 425 g/mol. The van der Waals surface area contributed by atoms with Crippen LogP contribution in [-0.2, 0) is 4.74 Å². The van der Waals surface area contributed by atoms with Crippen LogP contribution in [0, 0.1) is 45.7 Å². The Morgan fingerprint density at radius 1 is 1.19 bits per heavy atom. The highest BCUT2D eigenvalue weighted by molar-refractivity contribution is 5.68. The molecule has 0 saturated carbocycles. The first kappa shape index (κ1) is 23.5. The number of rotatable bonds is 5. The third-order valence-electron chi connectivity index (χ3n) is 4.53. The van der Waals surface area contributed by atoms with Gasteiger partial charge in [-0.1, -0.05) is 0 Å². The van der Waals surface area contributed by atoms with Gasteiger partial charge in [0.05, 0.1) is 12.3 Å². The monoisotopic (exact) mass is 425 g/mol. The third kappa shape index (κ3) is 6.90. The molecule has 1 heterocycles. The van der Waals surface area contributed by atoms with Gasteiger partial charge in [0.25, 0.3) is 0 Å². The molecule has 1 aromatic carbocycles. The van der Waals surface area contributed by atoms with Crippen molar-refractivity contribution < 1.29 is 18.7 Å². The number of piperidine rings is 1. The molecular weight excluding hydrogens is 401 g/mol. The van der Waals surface area contributed by atoms with E-state index in [0.29, 0.717) is 25.4 Å². The minimum Gasteiger partial charge on any atom is -0.491 e. The summed E-state index contributed by atoms with van der Waals surface area (Å²) in [5.74, 6) is -0.0939. The number of benzene rings is 1. The number of ether oxygens (including phenoxy) is 2. The number of nitrogens with one attached hydrogen (secondary N) is 1. The van der Waals surface area contributed by atoms with Crippen LogP contribution < -0.4 is 10.1 Å². The van der Waals surface area contributed by atoms with Crippen LogP contribution in [-0.4, -0.2) is 36.3 Å². The summed E-state index contributed by atoms with van der Waals surface area (Å²) in [5.41, 5.74) is -1.10. The Kier molecular flexibility index (Phi) is 7.82. The maximum absolute atomic E-state index is 13.7. The van der Waals surface area contributed by atoms with E-state index in [-0.39, 0.29) is 23.4 Å². The predicted molar refractivity (Wildman–Crippen MR) is 110 cm³/mol. The summed E-state index contributed by atoms with van der Waals surface area (Å²) in [5, 5.41) is 29.7. The van der Waals surface area contributed by atoms with Crippen molar-refractivity contribution in [2.24, 2.45) is 5.92 Å². The molecule has 0 aromatic heterocycles. The van der Waals surface area contributed by atoms with Crippen LogP contribution in [0.4, 0.5) is 14.9 Å². The summed E-state index contributed by atoms with van der Waals surface area (Å²) >= 11 is 0. The Balaban J connectivity index is 2.01. The zero-order valence-electron chi connectivity index (χ0n) is 17.7. The lowest BCUT2D eigenvalue weighted by atomic mass is 9.98. The molecule has 2 rings (SSSR count). The Hall–Kier alpha value is -3.77. The number of carbonyl (C=O) groups is 1. The number of nitrogens with zero attached hydrogens (tertiary/aromatic N) is 4. The number of likely N-dealkylation sites (tertiary alicyclic amines) is 1. The van der Waals surface area contributed by atoms with E-state index in [1.54, 1.807) is 23.1 Å². The topological polar surface area (TPSA) is 122 Å². The Morgan fingerprint density at radius 3 is 2.39 bits per heavy atom. The van der Waals surface area contributed by atoms with E-state index >= 15 is 0 Å². The van der Waals surface area contributed by atoms with Gasteiger partial charge in [0.1, 0.15) is 41.1 Å². The molecule has 0 atom stereocenters. The molecule has 1 saturated heterocycles. The second-order valence-corrected chi connectivity index (χ2v) is 8.07. The molecule has 9 heteroatoms. The number of nitriles is 3. The molecule has 0 bridgehead atoms. The van der Waals surface area contributed by atoms with Gasteiger partial charge < -0.3 is 19.7 Å². The standard InChI is InChI=1S/C22H24FN5O3/c1-22(2,3)31-21(29)28-8-6-15(7-9-28)14-30-20-5-4-17(23)10-18(20)27-19(13-26)16(11-24)12-25/h4-5,10,15,27H,6-9,14H2,1-3H3. The first-order valence-electron chi connectivity index (χ1n) is 9.78. The van der Waals surface area contributed by atoms with Crippen molar-refractivity contribution in [3.63, 3.8) is 0 Å². The van der Waals surface area contributed by atoms with Crippen molar-refractivity contribution in [1.82, 2.24) is 4.90 Å². The predicted octanol–water partition coefficient (Wildman–Crippen LogP) is 4.09. The Labute approximate surface area is 181 Å². The van der Waals surface area contributed by atoms with Crippen molar-refractivity contribution in [2.45, 2.75) is 39.2 Å². The van der Waals surface area contributed by atoms with Crippen LogP contribution in [0.5, 0.6) is 5.75 Å². The third-order valence-corrected chi connectivity index (χ3v) is 4.53. The largest absolute Gasteiger partial charge is 0.491 e. The fourth-order valence-corrected chi connectivity index (χ4v) is 2.96. The van der Waals surface area contributed by atoms with Gasteiger partial charge in [0.2, 0.25) is 0 Å². The number of hydrogen-bond donors (Lipinski definition) is 1. The molecule has 8 nitrogen and oxygen atoms in total. The van der Waals surface area contributed by atoms with Crippen LogP contribution in [0.2, 0.25) is 0 Å². The SMILES string of the molecule is CC(C)(C)OC(=O)N1CCC(COc2ccc(F)cc2NC(C#N)=C(C#N)C#N)CC1. The molecule has 31 heavy (non-hydrogen) atoms. The number of amides is 1. The maximum Gasteiger partial charge on any atom is 0.410 e. The summed E-state index contributed by atoms with van der Waals surface area (Å²) in [6.07, 6.45) is 1.11. The number of hydrogen-bond acceptors (Lipinski definition) is 7. The highest BCUT2D eigenvalue weighted by Gasteiger charge is 2.27. The summed E-state index contributed by atoms with van der Waals surface area (Å²) in [4.78, 5) is 13.8. The first-order chi connectivity index (χ1) is 14.7. The molecule has 1 N–H and O–H groups in total. The molecular formula is C22H24FN5O3. The molecule has 0 spiro atoms. The van der Waals surface area contributed by atoms with Crippen LogP contribution in [0.3, 0.4) is 0 Å². The molecule has 1 aliphatic rings. The minimum atomic E-state index is -0.562. The lowest BCUT2D eigenvalue weighted by Gasteiger charge is -2.33. The fourth-order valence-electron chi connectivity index (χ4n) is 2.96. The number of anilines is 1. The van der Waals surface area contributed by atoms with Gasteiger partial charge in [0, 0.05) is 19.2 Å². The fraction of sp³-hybridized carbons (Fsp3) is 0.455. The van der Waals surface area contributed by atoms with E-state index in [0.717, 1.165) is 18.9 Å². The molecule has 1 aromatic rings. The van der Waals surface area contributed by atoms with Gasteiger partial charge >= 0.3 is 6.09 Å². The number of halogens is 1. The first-order valence-corrected chi connectivity index (χ1v) is 9.78. The van der Waals surface area contributed by atoms with Crippen molar-refractivity contribution in [1.29, 1.82) is 15.8 Å². The minimum absolute atomic E-state index is 0.144. The average Bonchev–Trinajstić information content (AvgIpc) is 2.72. The van der Waals surface area contributed by atoms with E-state index in [2.05, 4.69) is 5.32 Å². The zero-order valence-corrected chi connectivity index (χ0v) is 17.7. The van der Waals surface area contributed by atoms with Gasteiger partial charge in [-0.3, -0.25) is 0 Å². The molecule has 0 unspecified atom stereocenters. The summed E-state index contributed by atoms with van der Waals surface area (Å²) in [7, 11) is 0. The second-order valence-electron chi connectivity index (χ2n) is 8.07. The summed E-state index contributed by atoms with van der Waals surface area (Å²) in [6.45, 7) is 6.89. The van der Waals surface area contributed by atoms with Crippen LogP contribution in [0.15, 0.2) is 29.5 Å². The van der Waals surface area contributed by atoms with Crippen LogP contribution in [0.25, 0.3) is 0 Å². The van der Waals surface area contributed by atoms with Gasteiger partial charge in [-0.05, 0) is 51.7 Å². The van der Waals surface area contributed by atoms with Gasteiger partial charge in [-0.2, -0.15) is 15.8 Å². The molecule has 0 aliphatic carbocycles. The Bertz CT molecular complexity index is 955. The van der Waals surface area contributed by atoms with E-state index in [9.17, 15) is 14.4 Å². The van der Waals surface area contributed by atoms with E-state index in [1.165, 1.54) is 12.1 Å². The Morgan fingerprint density at radius 2 is 1.84 bits per heavy atom. The van der Waals surface area contributed by atoms with Crippen LogP contribution in [0.1, 0.15) is 33.6 Å². The normalized spacial score (nSPS) is 13.9. The van der Waals surface area contributed by atoms with Crippen molar-refractivity contribution in [3.8, 4) is 24.0 Å². The number of allylic oxidation sites excluding steroid dienone is 2. The van der Waals surface area contributed by atoms with Crippen LogP contribution >= 0.6 is 0 Å². The lowest BCUT2D eigenvalue weighted by Crippen LogP contribution is -2.42. The quantitative estimate of drug-likeness (QED) is 0.705. The summed E-state index contributed by atoms with van der Waals surface area (Å²) < 4.78 is 25.0. The zero-order chi connectivity index (χ0) is 23.0. The van der Waals surface area contributed by atoms with Gasteiger partial charge in [0.15, 0.2) is 5.57 Å². The summed E-state index contributed by atoms with van der Waals surface area (Å²) in [6, 6.07) is 8.75. The highest BCUT2D eigenvalue weighted by atomic mass is 19.1.